The summed E-state index contributed by atoms with van der Waals surface area (Å²) < 4.78 is 0. The zero-order valence-electron chi connectivity index (χ0n) is 13.7. The Labute approximate surface area is 156 Å². The van der Waals surface area contributed by atoms with E-state index in [1.54, 1.807) is 18.2 Å². The molecule has 0 saturated heterocycles. The van der Waals surface area contributed by atoms with Crippen LogP contribution in [0.5, 0.6) is 0 Å². The van der Waals surface area contributed by atoms with E-state index in [1.807, 2.05) is 42.5 Å². The highest BCUT2D eigenvalue weighted by atomic mass is 32.2. The van der Waals surface area contributed by atoms with E-state index in [4.69, 9.17) is 0 Å². The molecule has 25 heavy (non-hydrogen) atoms. The summed E-state index contributed by atoms with van der Waals surface area (Å²) in [6, 6.07) is 16.9. The van der Waals surface area contributed by atoms with Gasteiger partial charge >= 0.3 is 0 Å². The third kappa shape index (κ3) is 7.07. The van der Waals surface area contributed by atoms with Crippen molar-refractivity contribution in [2.45, 2.75) is 4.90 Å². The molecule has 2 amide bonds. The summed E-state index contributed by atoms with van der Waals surface area (Å²) >= 11 is 2.95. The average Bonchev–Trinajstić information content (AvgIpc) is 2.63. The van der Waals surface area contributed by atoms with Crippen molar-refractivity contribution in [2.24, 2.45) is 0 Å². The van der Waals surface area contributed by atoms with Crippen LogP contribution in [-0.4, -0.2) is 29.1 Å². The molecule has 6 heteroatoms. The van der Waals surface area contributed by atoms with Crippen LogP contribution in [0.2, 0.25) is 0 Å². The van der Waals surface area contributed by atoms with E-state index in [0.29, 0.717) is 22.9 Å². The number of nitrogens with one attached hydrogen (secondary N) is 2. The van der Waals surface area contributed by atoms with E-state index >= 15 is 0 Å². The number of anilines is 2. The van der Waals surface area contributed by atoms with E-state index in [9.17, 15) is 9.59 Å². The largest absolute Gasteiger partial charge is 0.324 e. The van der Waals surface area contributed by atoms with Crippen molar-refractivity contribution in [3.63, 3.8) is 0 Å². The molecule has 0 unspecified atom stereocenters. The number of carbonyl (C=O) groups is 2. The van der Waals surface area contributed by atoms with Gasteiger partial charge in [-0.15, -0.1) is 30.1 Å². The molecule has 0 aliphatic carbocycles. The third-order valence-electron chi connectivity index (χ3n) is 3.06. The van der Waals surface area contributed by atoms with Crippen LogP contribution in [0.25, 0.3) is 0 Å². The minimum absolute atomic E-state index is 0.104. The summed E-state index contributed by atoms with van der Waals surface area (Å²) in [7, 11) is 0. The molecule has 0 atom stereocenters. The van der Waals surface area contributed by atoms with Crippen molar-refractivity contribution in [1.82, 2.24) is 0 Å². The number of hydrogen-bond acceptors (Lipinski definition) is 4. The van der Waals surface area contributed by atoms with Gasteiger partial charge < -0.3 is 10.6 Å². The number of para-hydroxylation sites is 2. The lowest BCUT2D eigenvalue weighted by Gasteiger charge is -2.12. The Balaban J connectivity index is 1.89. The molecule has 0 spiro atoms. The lowest BCUT2D eigenvalue weighted by Crippen LogP contribution is -2.18. The zero-order valence-corrected chi connectivity index (χ0v) is 15.4. The van der Waals surface area contributed by atoms with Gasteiger partial charge in [0, 0.05) is 10.6 Å². The first-order chi connectivity index (χ1) is 12.2. The molecule has 0 heterocycles. The summed E-state index contributed by atoms with van der Waals surface area (Å²) in [5.41, 5.74) is 1.20. The van der Waals surface area contributed by atoms with Crippen LogP contribution in [0.15, 0.2) is 72.1 Å². The molecule has 2 N–H and O–H groups in total. The fourth-order valence-corrected chi connectivity index (χ4v) is 3.24. The smallest absolute Gasteiger partial charge is 0.234 e. The van der Waals surface area contributed by atoms with Crippen LogP contribution in [0.1, 0.15) is 0 Å². The molecule has 2 aromatic rings. The highest BCUT2D eigenvalue weighted by Crippen LogP contribution is 2.23. The van der Waals surface area contributed by atoms with Crippen molar-refractivity contribution in [3.05, 3.63) is 67.3 Å². The predicted molar refractivity (Wildman–Crippen MR) is 108 cm³/mol. The highest BCUT2D eigenvalue weighted by Gasteiger charge is 2.09. The minimum Gasteiger partial charge on any atom is -0.324 e. The molecule has 0 aliphatic rings. The van der Waals surface area contributed by atoms with Gasteiger partial charge in [-0.3, -0.25) is 9.59 Å². The Morgan fingerprint density at radius 2 is 1.44 bits per heavy atom. The Hall–Kier alpha value is -2.18. The first-order valence-corrected chi connectivity index (χ1v) is 9.88. The summed E-state index contributed by atoms with van der Waals surface area (Å²) in [4.78, 5) is 25.2. The SMILES string of the molecule is C=CCSCC(=O)Nc1ccccc1NC(=O)CSc1ccccc1. The van der Waals surface area contributed by atoms with Crippen molar-refractivity contribution in [1.29, 1.82) is 0 Å². The highest BCUT2D eigenvalue weighted by molar-refractivity contribution is 8.00. The lowest BCUT2D eigenvalue weighted by atomic mass is 10.2. The predicted octanol–water partition coefficient (Wildman–Crippen LogP) is 4.28. The van der Waals surface area contributed by atoms with Gasteiger partial charge in [0.2, 0.25) is 11.8 Å². The van der Waals surface area contributed by atoms with Gasteiger partial charge in [0.1, 0.15) is 0 Å². The average molecular weight is 373 g/mol. The van der Waals surface area contributed by atoms with Crippen LogP contribution in [-0.2, 0) is 9.59 Å². The van der Waals surface area contributed by atoms with Crippen molar-refractivity contribution in [3.8, 4) is 0 Å². The zero-order chi connectivity index (χ0) is 17.9. The molecule has 130 valence electrons. The minimum atomic E-state index is -0.114. The van der Waals surface area contributed by atoms with Gasteiger partial charge in [-0.2, -0.15) is 0 Å². The number of hydrogen-bond donors (Lipinski definition) is 2. The normalized spacial score (nSPS) is 10.1. The molecule has 0 aromatic heterocycles. The first kappa shape index (κ1) is 19.1. The lowest BCUT2D eigenvalue weighted by molar-refractivity contribution is -0.114. The quantitative estimate of drug-likeness (QED) is 0.392. The fourth-order valence-electron chi connectivity index (χ4n) is 1.97. The second-order valence-electron chi connectivity index (χ2n) is 5.05. The molecule has 0 aliphatic heterocycles. The molecular weight excluding hydrogens is 352 g/mol. The van der Waals surface area contributed by atoms with E-state index in [2.05, 4.69) is 17.2 Å². The third-order valence-corrected chi connectivity index (χ3v) is 5.01. The number of carbonyl (C=O) groups excluding carboxylic acids is 2. The summed E-state index contributed by atoms with van der Waals surface area (Å²) in [6.45, 7) is 3.63. The van der Waals surface area contributed by atoms with Crippen LogP contribution < -0.4 is 10.6 Å². The van der Waals surface area contributed by atoms with Crippen molar-refractivity contribution < 1.29 is 9.59 Å². The molecule has 0 radical (unpaired) electrons. The maximum atomic E-state index is 12.2. The second-order valence-corrected chi connectivity index (χ2v) is 7.13. The molecular formula is C19H20N2O2S2. The molecule has 0 bridgehead atoms. The van der Waals surface area contributed by atoms with E-state index in [-0.39, 0.29) is 11.8 Å². The Morgan fingerprint density at radius 1 is 0.880 bits per heavy atom. The molecule has 2 rings (SSSR count). The number of benzene rings is 2. The Kier molecular flexibility index (Phi) is 8.15. The van der Waals surface area contributed by atoms with Gasteiger partial charge in [0.25, 0.3) is 0 Å². The van der Waals surface area contributed by atoms with Gasteiger partial charge in [-0.25, -0.2) is 0 Å². The first-order valence-electron chi connectivity index (χ1n) is 7.74. The summed E-state index contributed by atoms with van der Waals surface area (Å²) in [5.74, 6) is 1.16. The monoisotopic (exact) mass is 372 g/mol. The van der Waals surface area contributed by atoms with Crippen molar-refractivity contribution in [2.75, 3.05) is 27.9 Å². The van der Waals surface area contributed by atoms with E-state index < -0.39 is 0 Å². The van der Waals surface area contributed by atoms with Crippen molar-refractivity contribution >= 4 is 46.7 Å². The number of rotatable bonds is 9. The van der Waals surface area contributed by atoms with Gasteiger partial charge in [0.05, 0.1) is 22.9 Å². The molecule has 2 aromatic carbocycles. The van der Waals surface area contributed by atoms with Gasteiger partial charge in [-0.05, 0) is 24.3 Å². The molecule has 0 fully saturated rings. The topological polar surface area (TPSA) is 58.2 Å². The standard InChI is InChI=1S/C19H20N2O2S2/c1-2-12-24-13-18(22)20-16-10-6-7-11-17(16)21-19(23)14-25-15-8-4-3-5-9-15/h2-11H,1,12-14H2,(H,20,22)(H,21,23). The summed E-state index contributed by atoms with van der Waals surface area (Å²) in [5, 5.41) is 5.69. The maximum Gasteiger partial charge on any atom is 0.234 e. The van der Waals surface area contributed by atoms with Crippen LogP contribution >= 0.6 is 23.5 Å². The molecule has 0 saturated carbocycles. The van der Waals surface area contributed by atoms with Crippen LogP contribution in [0, 0.1) is 0 Å². The summed E-state index contributed by atoms with van der Waals surface area (Å²) in [6.07, 6.45) is 1.76. The number of amides is 2. The second kappa shape index (κ2) is 10.6. The molecule has 4 nitrogen and oxygen atoms in total. The van der Waals surface area contributed by atoms with Crippen LogP contribution in [0.4, 0.5) is 11.4 Å². The fraction of sp³-hybridized carbons (Fsp3) is 0.158. The van der Waals surface area contributed by atoms with Gasteiger partial charge in [-0.1, -0.05) is 36.4 Å². The van der Waals surface area contributed by atoms with E-state index in [0.717, 1.165) is 10.6 Å². The Bertz CT molecular complexity index is 720. The van der Waals surface area contributed by atoms with Gasteiger partial charge in [0.15, 0.2) is 0 Å². The maximum absolute atomic E-state index is 12.2. The van der Waals surface area contributed by atoms with Crippen LogP contribution in [0.3, 0.4) is 0 Å². The number of thioether (sulfide) groups is 2. The van der Waals surface area contributed by atoms with E-state index in [1.165, 1.54) is 23.5 Å². The Morgan fingerprint density at radius 3 is 2.04 bits per heavy atom.